The summed E-state index contributed by atoms with van der Waals surface area (Å²) in [7, 11) is 0. The highest BCUT2D eigenvalue weighted by Crippen LogP contribution is 2.13. The molecule has 2 N–H and O–H groups in total. The smallest absolute Gasteiger partial charge is 0.0740 e. The van der Waals surface area contributed by atoms with Crippen molar-refractivity contribution in [2.24, 2.45) is 0 Å². The summed E-state index contributed by atoms with van der Waals surface area (Å²) in [5.41, 5.74) is -0.626. The lowest BCUT2D eigenvalue weighted by molar-refractivity contribution is 0.0549. The number of hydrogen-bond donors (Lipinski definition) is 2. The highest BCUT2D eigenvalue weighted by atomic mass is 16.3. The Bertz CT molecular complexity index is 183. The summed E-state index contributed by atoms with van der Waals surface area (Å²) < 4.78 is 0. The van der Waals surface area contributed by atoms with Gasteiger partial charge in [-0.2, -0.15) is 0 Å². The zero-order chi connectivity index (χ0) is 10.5. The van der Waals surface area contributed by atoms with Crippen molar-refractivity contribution in [1.29, 1.82) is 0 Å². The van der Waals surface area contributed by atoms with Crippen molar-refractivity contribution >= 4 is 0 Å². The fourth-order valence-corrected chi connectivity index (χ4v) is 1.02. The van der Waals surface area contributed by atoms with Crippen LogP contribution in [0.2, 0.25) is 0 Å². The molecule has 0 fully saturated rings. The van der Waals surface area contributed by atoms with E-state index in [0.717, 1.165) is 6.54 Å². The minimum Gasteiger partial charge on any atom is -0.389 e. The van der Waals surface area contributed by atoms with E-state index in [9.17, 15) is 5.11 Å². The van der Waals surface area contributed by atoms with E-state index in [1.807, 2.05) is 0 Å². The fourth-order valence-electron chi connectivity index (χ4n) is 1.02. The second kappa shape index (κ2) is 4.64. The predicted octanol–water partition coefficient (Wildman–Crippen LogP) is 1.54. The molecule has 0 spiro atoms. The Balaban J connectivity index is 3.71. The molecule has 13 heavy (non-hydrogen) atoms. The molecule has 0 aliphatic carbocycles. The Hall–Kier alpha value is -0.520. The van der Waals surface area contributed by atoms with Crippen LogP contribution in [0.1, 0.15) is 40.5 Å². The van der Waals surface area contributed by atoms with E-state index in [0.29, 0.717) is 12.8 Å². The van der Waals surface area contributed by atoms with Gasteiger partial charge in [0, 0.05) is 12.0 Å². The molecular weight excluding hydrogens is 162 g/mol. The van der Waals surface area contributed by atoms with Crippen molar-refractivity contribution < 1.29 is 5.11 Å². The number of nitrogens with one attached hydrogen (secondary N) is 1. The average molecular weight is 183 g/mol. The molecule has 1 atom stereocenters. The molecule has 1 unspecified atom stereocenters. The van der Waals surface area contributed by atoms with Gasteiger partial charge in [0.1, 0.15) is 0 Å². The number of hydrogen-bond acceptors (Lipinski definition) is 2. The van der Waals surface area contributed by atoms with Crippen molar-refractivity contribution in [2.75, 3.05) is 6.54 Å². The number of rotatable bonds is 4. The molecule has 0 heterocycles. The lowest BCUT2D eigenvalue weighted by Gasteiger charge is -2.25. The van der Waals surface area contributed by atoms with Crippen LogP contribution in [0.25, 0.3) is 0 Å². The predicted molar refractivity (Wildman–Crippen MR) is 56.4 cm³/mol. The van der Waals surface area contributed by atoms with Gasteiger partial charge < -0.3 is 10.4 Å². The molecule has 0 bridgehead atoms. The second-order valence-electron chi connectivity index (χ2n) is 4.80. The Kier molecular flexibility index (Phi) is 4.46. The maximum Gasteiger partial charge on any atom is 0.0740 e. The lowest BCUT2D eigenvalue weighted by atomic mass is 9.98. The summed E-state index contributed by atoms with van der Waals surface area (Å²) in [4.78, 5) is 0. The molecule has 0 radical (unpaired) electrons. The largest absolute Gasteiger partial charge is 0.389 e. The van der Waals surface area contributed by atoms with E-state index in [1.165, 1.54) is 0 Å². The van der Waals surface area contributed by atoms with Crippen LogP contribution in [-0.2, 0) is 0 Å². The Morgan fingerprint density at radius 3 is 2.23 bits per heavy atom. The van der Waals surface area contributed by atoms with Crippen LogP contribution in [0, 0.1) is 12.3 Å². The van der Waals surface area contributed by atoms with E-state index >= 15 is 0 Å². The molecule has 0 aliphatic rings. The van der Waals surface area contributed by atoms with E-state index in [2.05, 4.69) is 32.0 Å². The molecule has 2 heteroatoms. The summed E-state index contributed by atoms with van der Waals surface area (Å²) in [5, 5.41) is 13.0. The molecular formula is C11H21NO. The summed E-state index contributed by atoms with van der Waals surface area (Å²) in [5.74, 6) is 2.48. The minimum absolute atomic E-state index is 0.103. The molecule has 0 rings (SSSR count). The first-order chi connectivity index (χ1) is 5.77. The van der Waals surface area contributed by atoms with Crippen LogP contribution in [0.3, 0.4) is 0 Å². The zero-order valence-electron chi connectivity index (χ0n) is 9.15. The molecule has 0 amide bonds. The highest BCUT2D eigenvalue weighted by Gasteiger charge is 2.19. The fraction of sp³-hybridized carbons (Fsp3) is 0.818. The first kappa shape index (κ1) is 12.5. The van der Waals surface area contributed by atoms with Crippen molar-refractivity contribution in [3.63, 3.8) is 0 Å². The second-order valence-corrected chi connectivity index (χ2v) is 4.80. The van der Waals surface area contributed by atoms with Gasteiger partial charge in [0.2, 0.25) is 0 Å². The first-order valence-corrected chi connectivity index (χ1v) is 4.68. The van der Waals surface area contributed by atoms with Gasteiger partial charge in [-0.25, -0.2) is 0 Å². The third kappa shape index (κ3) is 7.83. The van der Waals surface area contributed by atoms with Crippen LogP contribution in [0.4, 0.5) is 0 Å². The first-order valence-electron chi connectivity index (χ1n) is 4.68. The van der Waals surface area contributed by atoms with Crippen molar-refractivity contribution in [3.8, 4) is 12.3 Å². The van der Waals surface area contributed by atoms with E-state index in [4.69, 9.17) is 6.42 Å². The maximum absolute atomic E-state index is 9.73. The summed E-state index contributed by atoms with van der Waals surface area (Å²) >= 11 is 0. The quantitative estimate of drug-likeness (QED) is 0.648. The van der Waals surface area contributed by atoms with Gasteiger partial charge in [0.25, 0.3) is 0 Å². The number of terminal acetylenes is 1. The van der Waals surface area contributed by atoms with Crippen molar-refractivity contribution in [2.45, 2.75) is 51.7 Å². The molecule has 76 valence electrons. The molecule has 0 saturated heterocycles. The standard InChI is InChI=1S/C11H21NO/c1-6-7-11(5,13)8-9-12-10(2,3)4/h1,12-13H,7-9H2,2-5H3. The average Bonchev–Trinajstić information content (AvgIpc) is 1.82. The van der Waals surface area contributed by atoms with E-state index < -0.39 is 5.60 Å². The van der Waals surface area contributed by atoms with Gasteiger partial charge in [-0.15, -0.1) is 12.3 Å². The Labute approximate surface area is 81.7 Å². The molecule has 0 aromatic heterocycles. The SMILES string of the molecule is C#CCC(C)(O)CCNC(C)(C)C. The number of aliphatic hydroxyl groups is 1. The van der Waals surface area contributed by atoms with E-state index in [-0.39, 0.29) is 5.54 Å². The topological polar surface area (TPSA) is 32.3 Å². The summed E-state index contributed by atoms with van der Waals surface area (Å²) in [6.07, 6.45) is 6.25. The third-order valence-electron chi connectivity index (χ3n) is 1.80. The highest BCUT2D eigenvalue weighted by molar-refractivity contribution is 4.93. The zero-order valence-corrected chi connectivity index (χ0v) is 9.15. The van der Waals surface area contributed by atoms with Gasteiger partial charge >= 0.3 is 0 Å². The summed E-state index contributed by atoms with van der Waals surface area (Å²) in [6.45, 7) is 8.87. The van der Waals surface area contributed by atoms with Gasteiger partial charge in [-0.1, -0.05) is 0 Å². The maximum atomic E-state index is 9.73. The van der Waals surface area contributed by atoms with Crippen LogP contribution < -0.4 is 5.32 Å². The van der Waals surface area contributed by atoms with Crippen LogP contribution in [0.15, 0.2) is 0 Å². The van der Waals surface area contributed by atoms with Crippen molar-refractivity contribution in [1.82, 2.24) is 5.32 Å². The van der Waals surface area contributed by atoms with Gasteiger partial charge in [-0.05, 0) is 40.7 Å². The molecule has 0 saturated carbocycles. The van der Waals surface area contributed by atoms with Crippen molar-refractivity contribution in [3.05, 3.63) is 0 Å². The van der Waals surface area contributed by atoms with E-state index in [1.54, 1.807) is 6.92 Å². The summed E-state index contributed by atoms with van der Waals surface area (Å²) in [6, 6.07) is 0. The van der Waals surface area contributed by atoms with Crippen LogP contribution in [-0.4, -0.2) is 22.8 Å². The third-order valence-corrected chi connectivity index (χ3v) is 1.80. The molecule has 2 nitrogen and oxygen atoms in total. The monoisotopic (exact) mass is 183 g/mol. The van der Waals surface area contributed by atoms with Gasteiger partial charge in [-0.3, -0.25) is 0 Å². The van der Waals surface area contributed by atoms with Crippen LogP contribution in [0.5, 0.6) is 0 Å². The molecule has 0 aliphatic heterocycles. The Morgan fingerprint density at radius 2 is 1.85 bits per heavy atom. The Morgan fingerprint density at radius 1 is 1.31 bits per heavy atom. The van der Waals surface area contributed by atoms with Crippen LogP contribution >= 0.6 is 0 Å². The van der Waals surface area contributed by atoms with Gasteiger partial charge in [0.05, 0.1) is 5.60 Å². The lowest BCUT2D eigenvalue weighted by Crippen LogP contribution is -2.39. The normalized spacial score (nSPS) is 16.3. The van der Waals surface area contributed by atoms with Gasteiger partial charge in [0.15, 0.2) is 0 Å². The molecule has 0 aromatic carbocycles. The molecule has 0 aromatic rings. The minimum atomic E-state index is -0.729.